The number of benzene rings is 3. The lowest BCUT2D eigenvalue weighted by molar-refractivity contribution is 0.304. The number of hydrogen-bond acceptors (Lipinski definition) is 2. The quantitative estimate of drug-likeness (QED) is 0.458. The molecule has 0 heterocycles. The summed E-state index contributed by atoms with van der Waals surface area (Å²) in [6.07, 6.45) is 0. The van der Waals surface area contributed by atoms with Crippen molar-refractivity contribution in [2.24, 2.45) is 0 Å². The molecule has 0 aromatic heterocycles. The van der Waals surface area contributed by atoms with Gasteiger partial charge < -0.3 is 10.1 Å². The van der Waals surface area contributed by atoms with Gasteiger partial charge in [0.1, 0.15) is 12.4 Å². The van der Waals surface area contributed by atoms with E-state index in [0.717, 1.165) is 27.4 Å². The minimum atomic E-state index is 0.485. The van der Waals surface area contributed by atoms with Crippen LogP contribution in [0.5, 0.6) is 5.75 Å². The molecular weight excluding hydrogens is 410 g/mol. The molecule has 4 heteroatoms. The number of hydrogen-bond donors (Lipinski definition) is 1. The van der Waals surface area contributed by atoms with Gasteiger partial charge in [-0.2, -0.15) is 0 Å². The molecule has 3 aromatic carbocycles. The Morgan fingerprint density at radius 3 is 2.58 bits per heavy atom. The van der Waals surface area contributed by atoms with Crippen molar-refractivity contribution >= 4 is 33.2 Å². The van der Waals surface area contributed by atoms with E-state index in [1.165, 1.54) is 22.4 Å². The Hall–Kier alpha value is -1.97. The van der Waals surface area contributed by atoms with Crippen molar-refractivity contribution in [3.63, 3.8) is 0 Å². The topological polar surface area (TPSA) is 21.3 Å². The molecule has 0 aliphatic rings. The van der Waals surface area contributed by atoms with Crippen LogP contribution in [-0.2, 0) is 13.2 Å². The maximum atomic E-state index is 6.01. The highest BCUT2D eigenvalue weighted by molar-refractivity contribution is 9.10. The zero-order valence-corrected chi connectivity index (χ0v) is 17.2. The van der Waals surface area contributed by atoms with E-state index in [0.29, 0.717) is 6.61 Å². The third-order valence-corrected chi connectivity index (χ3v) is 5.01. The van der Waals surface area contributed by atoms with Crippen molar-refractivity contribution in [1.29, 1.82) is 0 Å². The molecule has 0 fully saturated rings. The number of anilines is 1. The fraction of sp³-hybridized carbons (Fsp3) is 0.182. The maximum Gasteiger partial charge on any atom is 0.134 e. The Labute approximate surface area is 168 Å². The van der Waals surface area contributed by atoms with Crippen molar-refractivity contribution in [3.05, 3.63) is 92.4 Å². The largest absolute Gasteiger partial charge is 0.488 e. The predicted molar refractivity (Wildman–Crippen MR) is 113 cm³/mol. The summed E-state index contributed by atoms with van der Waals surface area (Å²) in [6, 6.07) is 20.3. The number of rotatable bonds is 6. The molecule has 3 aromatic rings. The molecule has 0 aliphatic carbocycles. The van der Waals surface area contributed by atoms with Gasteiger partial charge in [0.2, 0.25) is 0 Å². The van der Waals surface area contributed by atoms with Crippen LogP contribution in [0.4, 0.5) is 5.69 Å². The lowest BCUT2D eigenvalue weighted by Crippen LogP contribution is -2.02. The average Bonchev–Trinajstić information content (AvgIpc) is 2.62. The molecule has 0 saturated carbocycles. The zero-order chi connectivity index (χ0) is 18.5. The summed E-state index contributed by atoms with van der Waals surface area (Å²) in [5, 5.41) is 4.22. The molecule has 0 atom stereocenters. The van der Waals surface area contributed by atoms with Gasteiger partial charge in [-0.15, -0.1) is 0 Å². The van der Waals surface area contributed by atoms with E-state index in [2.05, 4.69) is 65.4 Å². The van der Waals surface area contributed by atoms with E-state index in [-0.39, 0.29) is 0 Å². The molecular formula is C22H21BrClNO. The first kappa shape index (κ1) is 18.8. The van der Waals surface area contributed by atoms with Gasteiger partial charge in [0.05, 0.1) is 4.47 Å². The van der Waals surface area contributed by atoms with E-state index in [9.17, 15) is 0 Å². The smallest absolute Gasteiger partial charge is 0.134 e. The van der Waals surface area contributed by atoms with Crippen LogP contribution >= 0.6 is 27.5 Å². The summed E-state index contributed by atoms with van der Waals surface area (Å²) in [6.45, 7) is 5.47. The Morgan fingerprint density at radius 2 is 1.81 bits per heavy atom. The number of ether oxygens (including phenoxy) is 1. The van der Waals surface area contributed by atoms with E-state index in [4.69, 9.17) is 16.3 Å². The SMILES string of the molecule is Cc1ccc(C)c(NCc2ccc(OCc3cccc(Cl)c3)c(Br)c2)c1. The number of aryl methyl sites for hydroxylation is 2. The Kier molecular flexibility index (Phi) is 6.23. The Balaban J connectivity index is 1.62. The molecule has 1 N–H and O–H groups in total. The van der Waals surface area contributed by atoms with E-state index in [1.807, 2.05) is 30.3 Å². The second-order valence-corrected chi connectivity index (χ2v) is 7.65. The summed E-state index contributed by atoms with van der Waals surface area (Å²) in [5.41, 5.74) is 5.90. The maximum absolute atomic E-state index is 6.01. The molecule has 134 valence electrons. The third-order valence-electron chi connectivity index (χ3n) is 4.16. The van der Waals surface area contributed by atoms with E-state index in [1.54, 1.807) is 0 Å². The van der Waals surface area contributed by atoms with Gasteiger partial charge in [-0.3, -0.25) is 0 Å². The fourth-order valence-corrected chi connectivity index (χ4v) is 3.44. The monoisotopic (exact) mass is 429 g/mol. The van der Waals surface area contributed by atoms with Gasteiger partial charge in [0.25, 0.3) is 0 Å². The molecule has 0 aliphatic heterocycles. The van der Waals surface area contributed by atoms with Crippen LogP contribution in [0.1, 0.15) is 22.3 Å². The lowest BCUT2D eigenvalue weighted by atomic mass is 10.1. The predicted octanol–water partition coefficient (Wildman–Crippen LogP) is 6.91. The fourth-order valence-electron chi connectivity index (χ4n) is 2.68. The lowest BCUT2D eigenvalue weighted by Gasteiger charge is -2.13. The van der Waals surface area contributed by atoms with Crippen LogP contribution in [0.15, 0.2) is 65.1 Å². The highest BCUT2D eigenvalue weighted by Crippen LogP contribution is 2.28. The highest BCUT2D eigenvalue weighted by Gasteiger charge is 2.05. The summed E-state index contributed by atoms with van der Waals surface area (Å²) in [5.74, 6) is 0.820. The van der Waals surface area contributed by atoms with Gasteiger partial charge in [0, 0.05) is 17.3 Å². The minimum absolute atomic E-state index is 0.485. The third kappa shape index (κ3) is 5.03. The van der Waals surface area contributed by atoms with Crippen LogP contribution < -0.4 is 10.1 Å². The molecule has 0 radical (unpaired) electrons. The second kappa shape index (κ2) is 8.61. The standard InChI is InChI=1S/C22H21BrClNO/c1-15-6-7-16(2)21(10-15)25-13-17-8-9-22(20(23)12-17)26-14-18-4-3-5-19(24)11-18/h3-12,25H,13-14H2,1-2H3. The van der Waals surface area contributed by atoms with Crippen LogP contribution in [0.25, 0.3) is 0 Å². The van der Waals surface area contributed by atoms with Gasteiger partial charge in [0.15, 0.2) is 0 Å². The highest BCUT2D eigenvalue weighted by atomic mass is 79.9. The molecule has 0 bridgehead atoms. The first-order chi connectivity index (χ1) is 12.5. The van der Waals surface area contributed by atoms with Crippen LogP contribution in [0, 0.1) is 13.8 Å². The molecule has 3 rings (SSSR count). The second-order valence-electron chi connectivity index (χ2n) is 6.36. The summed E-state index contributed by atoms with van der Waals surface area (Å²) < 4.78 is 6.85. The van der Waals surface area contributed by atoms with Crippen molar-refractivity contribution in [2.45, 2.75) is 27.0 Å². The molecule has 2 nitrogen and oxygen atoms in total. The summed E-state index contributed by atoms with van der Waals surface area (Å²) in [7, 11) is 0. The van der Waals surface area contributed by atoms with Crippen molar-refractivity contribution in [3.8, 4) is 5.75 Å². The Bertz CT molecular complexity index is 910. The first-order valence-corrected chi connectivity index (χ1v) is 9.65. The average molecular weight is 431 g/mol. The Morgan fingerprint density at radius 1 is 0.962 bits per heavy atom. The van der Waals surface area contributed by atoms with Gasteiger partial charge >= 0.3 is 0 Å². The van der Waals surface area contributed by atoms with Crippen LogP contribution in [-0.4, -0.2) is 0 Å². The van der Waals surface area contributed by atoms with E-state index < -0.39 is 0 Å². The van der Waals surface area contributed by atoms with Gasteiger partial charge in [-0.1, -0.05) is 41.9 Å². The molecule has 0 spiro atoms. The van der Waals surface area contributed by atoms with Crippen LogP contribution in [0.3, 0.4) is 0 Å². The molecule has 0 amide bonds. The molecule has 0 saturated heterocycles. The molecule has 26 heavy (non-hydrogen) atoms. The summed E-state index contributed by atoms with van der Waals surface area (Å²) in [4.78, 5) is 0. The number of nitrogens with one attached hydrogen (secondary N) is 1. The van der Waals surface area contributed by atoms with Crippen molar-refractivity contribution in [2.75, 3.05) is 5.32 Å². The van der Waals surface area contributed by atoms with E-state index >= 15 is 0 Å². The summed E-state index contributed by atoms with van der Waals surface area (Å²) >= 11 is 9.62. The normalized spacial score (nSPS) is 10.6. The van der Waals surface area contributed by atoms with Gasteiger partial charge in [-0.05, 0) is 82.4 Å². The van der Waals surface area contributed by atoms with Crippen LogP contribution in [0.2, 0.25) is 5.02 Å². The van der Waals surface area contributed by atoms with Crippen molar-refractivity contribution < 1.29 is 4.74 Å². The minimum Gasteiger partial charge on any atom is -0.488 e. The van der Waals surface area contributed by atoms with Crippen molar-refractivity contribution in [1.82, 2.24) is 0 Å². The number of halogens is 2. The zero-order valence-electron chi connectivity index (χ0n) is 14.9. The van der Waals surface area contributed by atoms with Gasteiger partial charge in [-0.25, -0.2) is 0 Å². The first-order valence-electron chi connectivity index (χ1n) is 8.48. The molecule has 0 unspecified atom stereocenters.